The first-order chi connectivity index (χ1) is 11.8. The van der Waals surface area contributed by atoms with E-state index in [0.29, 0.717) is 35.6 Å². The van der Waals surface area contributed by atoms with Crippen LogP contribution in [0.5, 0.6) is 0 Å². The second-order valence-electron chi connectivity index (χ2n) is 6.40. The summed E-state index contributed by atoms with van der Waals surface area (Å²) in [4.78, 5) is 23.7. The van der Waals surface area contributed by atoms with Gasteiger partial charge in [0.2, 0.25) is 5.91 Å². The van der Waals surface area contributed by atoms with Gasteiger partial charge in [-0.3, -0.25) is 9.59 Å². The fourth-order valence-corrected chi connectivity index (χ4v) is 2.73. The van der Waals surface area contributed by atoms with E-state index < -0.39 is 17.3 Å². The van der Waals surface area contributed by atoms with Crippen molar-refractivity contribution in [3.05, 3.63) is 52.7 Å². The Kier molecular flexibility index (Phi) is 4.34. The summed E-state index contributed by atoms with van der Waals surface area (Å²) in [6.07, 6.45) is 0.747. The monoisotopic (exact) mass is 346 g/mol. The number of hydrogen-bond donors (Lipinski definition) is 3. The molecule has 0 aliphatic carbocycles. The van der Waals surface area contributed by atoms with Crippen LogP contribution in [0.3, 0.4) is 0 Å². The van der Waals surface area contributed by atoms with Crippen LogP contribution in [-0.4, -0.2) is 23.5 Å². The van der Waals surface area contributed by atoms with Crippen LogP contribution in [0.15, 0.2) is 28.7 Å². The zero-order valence-corrected chi connectivity index (χ0v) is 14.0. The van der Waals surface area contributed by atoms with Crippen LogP contribution < -0.4 is 10.6 Å². The highest BCUT2D eigenvalue weighted by atomic mass is 19.1. The topological polar surface area (TPSA) is 91.6 Å². The number of hydrogen-bond acceptors (Lipinski definition) is 4. The lowest BCUT2D eigenvalue weighted by atomic mass is 9.99. The highest BCUT2D eigenvalue weighted by molar-refractivity contribution is 5.98. The van der Waals surface area contributed by atoms with Crippen LogP contribution in [-0.2, 0) is 16.8 Å². The molecule has 0 saturated carbocycles. The SMILES string of the molecule is Cc1ccc([C@](C)(O)CNC(=O)c2cc3c(cc2F)NC(=O)CC3)o1. The molecule has 2 heterocycles. The van der Waals surface area contributed by atoms with Crippen molar-refractivity contribution in [1.82, 2.24) is 5.32 Å². The maximum Gasteiger partial charge on any atom is 0.254 e. The van der Waals surface area contributed by atoms with Crippen molar-refractivity contribution >= 4 is 17.5 Å². The first-order valence-corrected chi connectivity index (χ1v) is 7.96. The first-order valence-electron chi connectivity index (χ1n) is 7.96. The summed E-state index contributed by atoms with van der Waals surface area (Å²) in [6, 6.07) is 5.92. The zero-order chi connectivity index (χ0) is 18.2. The molecule has 0 unspecified atom stereocenters. The van der Waals surface area contributed by atoms with Crippen molar-refractivity contribution in [3.63, 3.8) is 0 Å². The van der Waals surface area contributed by atoms with Crippen LogP contribution in [0.1, 0.15) is 40.8 Å². The summed E-state index contributed by atoms with van der Waals surface area (Å²) >= 11 is 0. The summed E-state index contributed by atoms with van der Waals surface area (Å²) in [7, 11) is 0. The minimum absolute atomic E-state index is 0.124. The molecule has 1 aliphatic rings. The van der Waals surface area contributed by atoms with Crippen LogP contribution in [0.4, 0.5) is 10.1 Å². The molecule has 7 heteroatoms. The zero-order valence-electron chi connectivity index (χ0n) is 14.0. The molecule has 2 amide bonds. The molecule has 25 heavy (non-hydrogen) atoms. The summed E-state index contributed by atoms with van der Waals surface area (Å²) in [5.41, 5.74) is -0.438. The number of rotatable bonds is 4. The number of anilines is 1. The molecular weight excluding hydrogens is 327 g/mol. The van der Waals surface area contributed by atoms with E-state index in [4.69, 9.17) is 4.42 Å². The van der Waals surface area contributed by atoms with Crippen LogP contribution in [0.25, 0.3) is 0 Å². The molecule has 0 saturated heterocycles. The van der Waals surface area contributed by atoms with E-state index in [1.54, 1.807) is 19.1 Å². The van der Waals surface area contributed by atoms with Gasteiger partial charge < -0.3 is 20.2 Å². The Balaban J connectivity index is 1.74. The van der Waals surface area contributed by atoms with Gasteiger partial charge in [0.1, 0.15) is 22.9 Å². The van der Waals surface area contributed by atoms with Crippen molar-refractivity contribution in [2.75, 3.05) is 11.9 Å². The molecule has 2 aromatic rings. The lowest BCUT2D eigenvalue weighted by Gasteiger charge is -2.22. The quantitative estimate of drug-likeness (QED) is 0.792. The van der Waals surface area contributed by atoms with Gasteiger partial charge in [0.15, 0.2) is 0 Å². The second kappa shape index (κ2) is 6.33. The Labute approximate surface area is 144 Å². The average molecular weight is 346 g/mol. The number of aryl methyl sites for hydroxylation is 2. The standard InChI is InChI=1S/C18H19FN2O4/c1-10-3-5-15(25-10)18(2,24)9-20-17(23)12-7-11-4-6-16(22)21-14(11)8-13(12)19/h3,5,7-8,24H,4,6,9H2,1-2H3,(H,20,23)(H,21,22)/t18-/m1/s1. The molecule has 3 rings (SSSR count). The number of fused-ring (bicyclic) bond motifs is 1. The molecular formula is C18H19FN2O4. The van der Waals surface area contributed by atoms with E-state index >= 15 is 0 Å². The minimum Gasteiger partial charge on any atom is -0.463 e. The van der Waals surface area contributed by atoms with Gasteiger partial charge in [-0.25, -0.2) is 4.39 Å². The van der Waals surface area contributed by atoms with Gasteiger partial charge >= 0.3 is 0 Å². The fraction of sp³-hybridized carbons (Fsp3) is 0.333. The van der Waals surface area contributed by atoms with Crippen molar-refractivity contribution < 1.29 is 23.5 Å². The Morgan fingerprint density at radius 1 is 1.40 bits per heavy atom. The summed E-state index contributed by atoms with van der Waals surface area (Å²) in [5, 5.41) is 15.5. The van der Waals surface area contributed by atoms with Gasteiger partial charge in [-0.1, -0.05) is 0 Å². The third kappa shape index (κ3) is 3.56. The molecule has 1 aliphatic heterocycles. The van der Waals surface area contributed by atoms with E-state index in [-0.39, 0.29) is 18.0 Å². The average Bonchev–Trinajstić information content (AvgIpc) is 2.99. The van der Waals surface area contributed by atoms with E-state index in [9.17, 15) is 19.1 Å². The molecule has 1 aromatic carbocycles. The van der Waals surface area contributed by atoms with E-state index in [0.717, 1.165) is 6.07 Å². The largest absolute Gasteiger partial charge is 0.463 e. The second-order valence-corrected chi connectivity index (χ2v) is 6.40. The molecule has 1 atom stereocenters. The number of nitrogens with one attached hydrogen (secondary N) is 2. The Bertz CT molecular complexity index is 842. The normalized spacial score (nSPS) is 15.9. The van der Waals surface area contributed by atoms with Crippen molar-refractivity contribution in [1.29, 1.82) is 0 Å². The summed E-state index contributed by atoms with van der Waals surface area (Å²) in [6.45, 7) is 3.12. The van der Waals surface area contributed by atoms with E-state index in [1.165, 1.54) is 13.0 Å². The molecule has 3 N–H and O–H groups in total. The van der Waals surface area contributed by atoms with E-state index in [1.807, 2.05) is 0 Å². The fourth-order valence-electron chi connectivity index (χ4n) is 2.73. The number of furan rings is 1. The van der Waals surface area contributed by atoms with Crippen LogP contribution in [0.2, 0.25) is 0 Å². The molecule has 6 nitrogen and oxygen atoms in total. The predicted molar refractivity (Wildman–Crippen MR) is 88.7 cm³/mol. The van der Waals surface area contributed by atoms with Gasteiger partial charge in [0.25, 0.3) is 5.91 Å². The van der Waals surface area contributed by atoms with Gasteiger partial charge in [0, 0.05) is 12.1 Å². The maximum atomic E-state index is 14.2. The number of benzene rings is 1. The van der Waals surface area contributed by atoms with Crippen LogP contribution in [0, 0.1) is 12.7 Å². The third-order valence-electron chi connectivity index (χ3n) is 4.20. The lowest BCUT2D eigenvalue weighted by molar-refractivity contribution is -0.116. The predicted octanol–water partition coefficient (Wildman–Crippen LogP) is 2.25. The van der Waals surface area contributed by atoms with Gasteiger partial charge in [-0.15, -0.1) is 0 Å². The Morgan fingerprint density at radius 3 is 2.84 bits per heavy atom. The number of carbonyl (C=O) groups is 2. The number of carbonyl (C=O) groups excluding carboxylic acids is 2. The van der Waals surface area contributed by atoms with Gasteiger partial charge in [-0.05, 0) is 50.1 Å². The maximum absolute atomic E-state index is 14.2. The Hall–Kier alpha value is -2.67. The van der Waals surface area contributed by atoms with Crippen molar-refractivity contribution in [3.8, 4) is 0 Å². The summed E-state index contributed by atoms with van der Waals surface area (Å²) < 4.78 is 19.6. The van der Waals surface area contributed by atoms with Crippen molar-refractivity contribution in [2.24, 2.45) is 0 Å². The van der Waals surface area contributed by atoms with Crippen molar-refractivity contribution in [2.45, 2.75) is 32.3 Å². The smallest absolute Gasteiger partial charge is 0.254 e. The van der Waals surface area contributed by atoms with Crippen LogP contribution >= 0.6 is 0 Å². The summed E-state index contributed by atoms with van der Waals surface area (Å²) in [5.74, 6) is -0.579. The molecule has 1 aromatic heterocycles. The molecule has 132 valence electrons. The van der Waals surface area contributed by atoms with Gasteiger partial charge in [-0.2, -0.15) is 0 Å². The highest BCUT2D eigenvalue weighted by Crippen LogP contribution is 2.26. The molecule has 0 fully saturated rings. The number of aliphatic hydroxyl groups is 1. The Morgan fingerprint density at radius 2 is 2.16 bits per heavy atom. The third-order valence-corrected chi connectivity index (χ3v) is 4.20. The molecule has 0 radical (unpaired) electrons. The number of halogens is 1. The minimum atomic E-state index is -1.41. The lowest BCUT2D eigenvalue weighted by Crippen LogP contribution is -2.38. The highest BCUT2D eigenvalue weighted by Gasteiger charge is 2.28. The number of amides is 2. The van der Waals surface area contributed by atoms with Gasteiger partial charge in [0.05, 0.1) is 12.1 Å². The molecule has 0 bridgehead atoms. The molecule has 0 spiro atoms. The first kappa shape index (κ1) is 17.2. The van der Waals surface area contributed by atoms with E-state index in [2.05, 4.69) is 10.6 Å².